The monoisotopic (exact) mass is 370 g/mol. The van der Waals surface area contributed by atoms with Crippen molar-refractivity contribution in [3.63, 3.8) is 0 Å². The van der Waals surface area contributed by atoms with Crippen molar-refractivity contribution in [3.05, 3.63) is 75.4 Å². The lowest BCUT2D eigenvalue weighted by molar-refractivity contribution is 0.482. The quantitative estimate of drug-likeness (QED) is 0.518. The van der Waals surface area contributed by atoms with E-state index in [4.69, 9.17) is 20.8 Å². The van der Waals surface area contributed by atoms with Crippen LogP contribution in [0.3, 0.4) is 0 Å². The van der Waals surface area contributed by atoms with Crippen LogP contribution in [0.25, 0.3) is 10.2 Å². The Morgan fingerprint density at radius 1 is 1.00 bits per heavy atom. The summed E-state index contributed by atoms with van der Waals surface area (Å²) in [5.41, 5.74) is 0.325. The Labute approximate surface area is 151 Å². The molecule has 0 bridgehead atoms. The average Bonchev–Trinajstić information content (AvgIpc) is 3.08. The molecular weight excluding hydrogens is 360 g/mol. The first-order valence-electron chi connectivity index (χ1n) is 7.36. The highest BCUT2D eigenvalue weighted by Gasteiger charge is 2.07. The molecule has 0 radical (unpaired) electrons. The van der Waals surface area contributed by atoms with Gasteiger partial charge >= 0.3 is 11.6 Å². The first-order valence-corrected chi connectivity index (χ1v) is 8.62. The fraction of sp³-hybridized carbons (Fsp3) is 0. The lowest BCUT2D eigenvalue weighted by Gasteiger charge is -2.07. The first kappa shape index (κ1) is 15.7. The van der Waals surface area contributed by atoms with Crippen LogP contribution in [-0.4, -0.2) is 4.98 Å². The van der Waals surface area contributed by atoms with E-state index in [2.05, 4.69) is 10.3 Å². The van der Waals surface area contributed by atoms with E-state index in [0.29, 0.717) is 26.7 Å². The number of hydrogen-bond acceptors (Lipinski definition) is 6. The maximum absolute atomic E-state index is 11.9. The largest absolute Gasteiger partial charge is 0.457 e. The first-order chi connectivity index (χ1) is 12.2. The van der Waals surface area contributed by atoms with E-state index in [1.807, 2.05) is 12.1 Å². The number of nitrogens with one attached hydrogen (secondary N) is 1. The van der Waals surface area contributed by atoms with E-state index in [9.17, 15) is 4.79 Å². The number of nitrogens with zero attached hydrogens (tertiary/aromatic N) is 1. The van der Waals surface area contributed by atoms with Gasteiger partial charge in [-0.1, -0.05) is 11.6 Å². The zero-order valence-corrected chi connectivity index (χ0v) is 14.3. The fourth-order valence-corrected chi connectivity index (χ4v) is 3.10. The summed E-state index contributed by atoms with van der Waals surface area (Å²) in [6.45, 7) is 0. The van der Waals surface area contributed by atoms with E-state index in [-0.39, 0.29) is 6.01 Å². The Morgan fingerprint density at radius 2 is 1.68 bits per heavy atom. The minimum atomic E-state index is -0.406. The second-order valence-corrected chi connectivity index (χ2v) is 6.48. The van der Waals surface area contributed by atoms with Gasteiger partial charge in [-0.2, -0.15) is 4.98 Å². The Bertz CT molecular complexity index is 1070. The van der Waals surface area contributed by atoms with Crippen molar-refractivity contribution in [1.82, 2.24) is 4.98 Å². The second-order valence-electron chi connectivity index (χ2n) is 5.15. The van der Waals surface area contributed by atoms with Gasteiger partial charge in [-0.05, 0) is 60.0 Å². The third kappa shape index (κ3) is 3.50. The zero-order chi connectivity index (χ0) is 17.2. The van der Waals surface area contributed by atoms with Gasteiger partial charge in [0.15, 0.2) is 0 Å². The minimum absolute atomic E-state index is 0.159. The smallest absolute Gasteiger partial charge is 0.349 e. The molecule has 4 rings (SSSR count). The van der Waals surface area contributed by atoms with Crippen molar-refractivity contribution in [2.75, 3.05) is 5.32 Å². The molecule has 2 aromatic carbocycles. The van der Waals surface area contributed by atoms with Crippen LogP contribution in [-0.2, 0) is 0 Å². The highest BCUT2D eigenvalue weighted by Crippen LogP contribution is 2.25. The molecule has 0 saturated carbocycles. The number of benzene rings is 2. The van der Waals surface area contributed by atoms with Crippen molar-refractivity contribution in [1.29, 1.82) is 0 Å². The summed E-state index contributed by atoms with van der Waals surface area (Å²) < 4.78 is 10.9. The van der Waals surface area contributed by atoms with Crippen molar-refractivity contribution < 1.29 is 9.15 Å². The van der Waals surface area contributed by atoms with E-state index in [0.717, 1.165) is 5.69 Å². The number of aromatic nitrogens is 1. The van der Waals surface area contributed by atoms with Gasteiger partial charge in [0.05, 0.1) is 5.39 Å². The summed E-state index contributed by atoms with van der Waals surface area (Å²) in [5, 5.41) is 5.93. The fourth-order valence-electron chi connectivity index (χ4n) is 2.22. The molecule has 0 aliphatic heterocycles. The van der Waals surface area contributed by atoms with Gasteiger partial charge in [-0.15, -0.1) is 11.3 Å². The van der Waals surface area contributed by atoms with E-state index in [1.165, 1.54) is 11.3 Å². The van der Waals surface area contributed by atoms with Crippen LogP contribution in [0, 0.1) is 0 Å². The Balaban J connectivity index is 1.51. The molecule has 0 fully saturated rings. The van der Waals surface area contributed by atoms with Crippen molar-refractivity contribution >= 4 is 44.9 Å². The van der Waals surface area contributed by atoms with Gasteiger partial charge in [0.1, 0.15) is 16.3 Å². The number of rotatable bonds is 4. The molecule has 4 aromatic rings. The van der Waals surface area contributed by atoms with Gasteiger partial charge in [-0.25, -0.2) is 4.79 Å². The Kier molecular flexibility index (Phi) is 4.13. The Hall–Kier alpha value is -2.83. The predicted octanol–water partition coefficient (Wildman–Crippen LogP) is 5.44. The topological polar surface area (TPSA) is 64.4 Å². The molecule has 0 aliphatic carbocycles. The van der Waals surface area contributed by atoms with Gasteiger partial charge in [0, 0.05) is 10.7 Å². The van der Waals surface area contributed by atoms with Crippen molar-refractivity contribution in [3.8, 4) is 11.5 Å². The molecule has 124 valence electrons. The van der Waals surface area contributed by atoms with Crippen molar-refractivity contribution in [2.24, 2.45) is 0 Å². The highest BCUT2D eigenvalue weighted by atomic mass is 35.5. The van der Waals surface area contributed by atoms with E-state index < -0.39 is 5.63 Å². The van der Waals surface area contributed by atoms with Gasteiger partial charge < -0.3 is 14.5 Å². The summed E-state index contributed by atoms with van der Waals surface area (Å²) in [5.74, 6) is 1.37. The lowest BCUT2D eigenvalue weighted by Crippen LogP contribution is -2.03. The predicted molar refractivity (Wildman–Crippen MR) is 99.4 cm³/mol. The number of halogens is 1. The molecule has 0 unspecified atom stereocenters. The molecule has 0 atom stereocenters. The molecule has 5 nitrogen and oxygen atoms in total. The third-order valence-electron chi connectivity index (χ3n) is 3.41. The highest BCUT2D eigenvalue weighted by molar-refractivity contribution is 7.16. The molecule has 1 N–H and O–H groups in total. The maximum atomic E-state index is 11.9. The van der Waals surface area contributed by atoms with Crippen LogP contribution in [0.4, 0.5) is 11.7 Å². The SMILES string of the molecule is O=c1oc(Nc2ccc(Oc3ccc(Cl)cc3)cc2)nc2sccc12. The van der Waals surface area contributed by atoms with Crippen LogP contribution >= 0.6 is 22.9 Å². The summed E-state index contributed by atoms with van der Waals surface area (Å²) in [6.07, 6.45) is 0. The third-order valence-corrected chi connectivity index (χ3v) is 4.47. The normalized spacial score (nSPS) is 10.8. The zero-order valence-electron chi connectivity index (χ0n) is 12.7. The molecular formula is C18H11ClN2O3S. The van der Waals surface area contributed by atoms with Gasteiger partial charge in [0.25, 0.3) is 0 Å². The summed E-state index contributed by atoms with van der Waals surface area (Å²) in [7, 11) is 0. The van der Waals surface area contributed by atoms with E-state index in [1.54, 1.807) is 47.8 Å². The number of thiophene rings is 1. The molecule has 2 aromatic heterocycles. The molecule has 0 saturated heterocycles. The standard InChI is InChI=1S/C18H11ClN2O3S/c19-11-1-5-13(6-2-11)23-14-7-3-12(4-8-14)20-18-21-16-15(9-10-25-16)17(22)24-18/h1-10H,(H,20,21). The van der Waals surface area contributed by atoms with Crippen LogP contribution in [0.15, 0.2) is 69.2 Å². The van der Waals surface area contributed by atoms with Crippen LogP contribution in [0.2, 0.25) is 5.02 Å². The number of fused-ring (bicyclic) bond motifs is 1. The summed E-state index contributed by atoms with van der Waals surface area (Å²) in [4.78, 5) is 16.8. The number of ether oxygens (including phenoxy) is 1. The molecule has 0 spiro atoms. The summed E-state index contributed by atoms with van der Waals surface area (Å²) in [6, 6.07) is 16.2. The minimum Gasteiger partial charge on any atom is -0.457 e. The second kappa shape index (κ2) is 6.58. The molecule has 2 heterocycles. The number of anilines is 2. The number of hydrogen-bond donors (Lipinski definition) is 1. The molecule has 25 heavy (non-hydrogen) atoms. The average molecular weight is 371 g/mol. The summed E-state index contributed by atoms with van der Waals surface area (Å²) >= 11 is 7.24. The van der Waals surface area contributed by atoms with Gasteiger partial charge in [-0.3, -0.25) is 0 Å². The molecule has 0 amide bonds. The Morgan fingerprint density at radius 3 is 2.40 bits per heavy atom. The van der Waals surface area contributed by atoms with Crippen LogP contribution in [0.5, 0.6) is 11.5 Å². The van der Waals surface area contributed by atoms with E-state index >= 15 is 0 Å². The van der Waals surface area contributed by atoms with Gasteiger partial charge in [0.2, 0.25) is 0 Å². The lowest BCUT2D eigenvalue weighted by atomic mass is 10.3. The van der Waals surface area contributed by atoms with Crippen LogP contribution < -0.4 is 15.7 Å². The maximum Gasteiger partial charge on any atom is 0.349 e. The molecule has 7 heteroatoms. The van der Waals surface area contributed by atoms with Crippen LogP contribution in [0.1, 0.15) is 0 Å². The van der Waals surface area contributed by atoms with Crippen molar-refractivity contribution in [2.45, 2.75) is 0 Å². The molecule has 0 aliphatic rings.